The van der Waals surface area contributed by atoms with Gasteiger partial charge in [-0.25, -0.2) is 0 Å². The molecule has 1 fully saturated rings. The summed E-state index contributed by atoms with van der Waals surface area (Å²) in [5.41, 5.74) is 6.28. The molecule has 0 aromatic heterocycles. The second kappa shape index (κ2) is 16.3. The summed E-state index contributed by atoms with van der Waals surface area (Å²) in [5, 5.41) is 0. The highest BCUT2D eigenvalue weighted by molar-refractivity contribution is 5.29. The van der Waals surface area contributed by atoms with Crippen LogP contribution in [0.25, 0.3) is 0 Å². The van der Waals surface area contributed by atoms with Crippen LogP contribution in [0.4, 0.5) is 0 Å². The molecular weight excluding hydrogens is 588 g/mol. The van der Waals surface area contributed by atoms with Gasteiger partial charge in [0.1, 0.15) is 24.4 Å². The van der Waals surface area contributed by atoms with Gasteiger partial charge in [-0.15, -0.1) is 0 Å². The summed E-state index contributed by atoms with van der Waals surface area (Å²) < 4.78 is 40.5. The molecule has 0 radical (unpaired) electrons. The smallest absolute Gasteiger partial charge is 0.201 e. The van der Waals surface area contributed by atoms with Gasteiger partial charge in [-0.05, 0) is 34.8 Å². The van der Waals surface area contributed by atoms with E-state index < -0.39 is 30.2 Å². The van der Waals surface area contributed by atoms with Crippen LogP contribution < -0.4 is 0 Å². The van der Waals surface area contributed by atoms with Crippen LogP contribution in [0.2, 0.25) is 0 Å². The topological polar surface area (TPSA) is 55.4 Å². The van der Waals surface area contributed by atoms with Crippen molar-refractivity contribution in [2.24, 2.45) is 0 Å². The molecule has 1 spiro atoms. The second-order valence-electron chi connectivity index (χ2n) is 12.2. The Morgan fingerprint density at radius 1 is 0.660 bits per heavy atom. The third kappa shape index (κ3) is 8.73. The summed E-state index contributed by atoms with van der Waals surface area (Å²) >= 11 is 0. The molecule has 6 heteroatoms. The first-order chi connectivity index (χ1) is 23.1. The van der Waals surface area contributed by atoms with Crippen LogP contribution in [0.1, 0.15) is 35.6 Å². The van der Waals surface area contributed by atoms with Gasteiger partial charge in [-0.3, -0.25) is 0 Å². The predicted molar refractivity (Wildman–Crippen MR) is 182 cm³/mol. The highest BCUT2D eigenvalue weighted by Gasteiger charge is 2.58. The molecule has 1 saturated heterocycles. The summed E-state index contributed by atoms with van der Waals surface area (Å²) in [6.07, 6.45) is 0.463. The molecule has 2 aliphatic heterocycles. The normalized spacial score (nSPS) is 24.1. The molecule has 0 saturated carbocycles. The third-order valence-corrected chi connectivity index (χ3v) is 8.66. The Kier molecular flexibility index (Phi) is 11.5. The van der Waals surface area contributed by atoms with Crippen molar-refractivity contribution in [3.05, 3.63) is 167 Å². The van der Waals surface area contributed by atoms with Crippen molar-refractivity contribution in [3.63, 3.8) is 0 Å². The highest BCUT2D eigenvalue weighted by atomic mass is 16.7. The first-order valence-electron chi connectivity index (χ1n) is 16.3. The summed E-state index contributed by atoms with van der Waals surface area (Å²) in [5.74, 6) is -1.12. The fourth-order valence-corrected chi connectivity index (χ4v) is 6.08. The molecule has 4 aromatic carbocycles. The van der Waals surface area contributed by atoms with E-state index in [-0.39, 0.29) is 6.61 Å². The van der Waals surface area contributed by atoms with Gasteiger partial charge in [-0.1, -0.05) is 140 Å². The second-order valence-corrected chi connectivity index (χ2v) is 12.2. The average Bonchev–Trinajstić information content (AvgIpc) is 3.12. The van der Waals surface area contributed by atoms with E-state index in [0.29, 0.717) is 39.5 Å². The SMILES string of the molecule is C=C(C)C1=CC[C@]2(OC1)OC(COCc1ccccc1)[C@@H](OCc1ccccc1)C(OCc1ccccc1)C2OCc1ccccc1. The molecule has 0 bridgehead atoms. The first kappa shape index (κ1) is 33.0. The third-order valence-electron chi connectivity index (χ3n) is 8.66. The minimum atomic E-state index is -1.12. The molecule has 244 valence electrons. The van der Waals surface area contributed by atoms with Crippen LogP contribution in [-0.2, 0) is 54.8 Å². The van der Waals surface area contributed by atoms with Crippen molar-refractivity contribution < 1.29 is 28.4 Å². The van der Waals surface area contributed by atoms with Gasteiger partial charge in [0.05, 0.1) is 39.6 Å². The highest BCUT2D eigenvalue weighted by Crippen LogP contribution is 2.42. The lowest BCUT2D eigenvalue weighted by atomic mass is 9.87. The largest absolute Gasteiger partial charge is 0.374 e. The number of hydrogen-bond donors (Lipinski definition) is 0. The van der Waals surface area contributed by atoms with Gasteiger partial charge in [0.2, 0.25) is 5.79 Å². The predicted octanol–water partition coefficient (Wildman–Crippen LogP) is 7.98. The molecule has 0 aliphatic carbocycles. The van der Waals surface area contributed by atoms with E-state index in [1.165, 1.54) is 0 Å². The lowest BCUT2D eigenvalue weighted by molar-refractivity contribution is -0.382. The molecule has 47 heavy (non-hydrogen) atoms. The molecule has 0 amide bonds. The molecule has 2 heterocycles. The van der Waals surface area contributed by atoms with Crippen LogP contribution in [-0.4, -0.2) is 43.4 Å². The van der Waals surface area contributed by atoms with Gasteiger partial charge >= 0.3 is 0 Å². The lowest BCUT2D eigenvalue weighted by Gasteiger charge is -2.53. The minimum Gasteiger partial charge on any atom is -0.374 e. The Bertz CT molecular complexity index is 1560. The summed E-state index contributed by atoms with van der Waals surface area (Å²) in [7, 11) is 0. The Morgan fingerprint density at radius 2 is 1.13 bits per heavy atom. The molecule has 6 rings (SSSR count). The quantitative estimate of drug-likeness (QED) is 0.141. The molecule has 3 unspecified atom stereocenters. The molecule has 2 aliphatic rings. The molecular formula is C41H44O6. The zero-order valence-corrected chi connectivity index (χ0v) is 27.0. The number of hydrogen-bond acceptors (Lipinski definition) is 6. The van der Waals surface area contributed by atoms with Crippen molar-refractivity contribution in [1.82, 2.24) is 0 Å². The van der Waals surface area contributed by atoms with E-state index >= 15 is 0 Å². The van der Waals surface area contributed by atoms with E-state index in [0.717, 1.165) is 33.4 Å². The first-order valence-corrected chi connectivity index (χ1v) is 16.3. The maximum atomic E-state index is 7.01. The number of benzene rings is 4. The monoisotopic (exact) mass is 632 g/mol. The number of rotatable bonds is 14. The summed E-state index contributed by atoms with van der Waals surface area (Å²) in [6.45, 7) is 8.36. The van der Waals surface area contributed by atoms with Crippen molar-refractivity contribution in [3.8, 4) is 0 Å². The van der Waals surface area contributed by atoms with Gasteiger partial charge in [-0.2, -0.15) is 0 Å². The summed E-state index contributed by atoms with van der Waals surface area (Å²) in [4.78, 5) is 0. The molecule has 6 nitrogen and oxygen atoms in total. The fourth-order valence-electron chi connectivity index (χ4n) is 6.08. The van der Waals surface area contributed by atoms with Crippen molar-refractivity contribution in [2.45, 2.75) is 70.0 Å². The maximum absolute atomic E-state index is 7.01. The Hall–Kier alpha value is -3.88. The standard InChI is InChI=1S/C41H44O6/c1-31(2)36-23-24-41(46-29-36)40(45-28-35-21-13-6-14-22-35)39(44-27-34-19-11-5-12-20-34)38(43-26-33-17-9-4-10-18-33)37(47-41)30-42-25-32-15-7-3-8-16-32/h3-23,37-40H,1,24-30H2,2H3/t37?,38-,39?,40?,41+/m1/s1. The van der Waals surface area contributed by atoms with Gasteiger partial charge in [0.25, 0.3) is 0 Å². The zero-order valence-electron chi connectivity index (χ0n) is 27.0. The van der Waals surface area contributed by atoms with E-state index in [2.05, 4.69) is 61.2 Å². The molecule has 4 aromatic rings. The van der Waals surface area contributed by atoms with E-state index in [1.807, 2.05) is 79.7 Å². The van der Waals surface area contributed by atoms with E-state index in [4.69, 9.17) is 28.4 Å². The van der Waals surface area contributed by atoms with Crippen LogP contribution in [0, 0.1) is 0 Å². The minimum absolute atomic E-state index is 0.285. The van der Waals surface area contributed by atoms with Gasteiger partial charge in [0, 0.05) is 6.42 Å². The maximum Gasteiger partial charge on any atom is 0.201 e. The van der Waals surface area contributed by atoms with E-state index in [9.17, 15) is 0 Å². The molecule has 0 N–H and O–H groups in total. The Morgan fingerprint density at radius 3 is 1.60 bits per heavy atom. The van der Waals surface area contributed by atoms with Crippen LogP contribution >= 0.6 is 0 Å². The summed E-state index contributed by atoms with van der Waals surface area (Å²) in [6, 6.07) is 40.6. The van der Waals surface area contributed by atoms with E-state index in [1.54, 1.807) is 0 Å². The van der Waals surface area contributed by atoms with Crippen molar-refractivity contribution >= 4 is 0 Å². The van der Waals surface area contributed by atoms with Crippen LogP contribution in [0.3, 0.4) is 0 Å². The Balaban J connectivity index is 1.35. The molecule has 5 atom stereocenters. The average molecular weight is 633 g/mol. The van der Waals surface area contributed by atoms with Crippen LogP contribution in [0.5, 0.6) is 0 Å². The van der Waals surface area contributed by atoms with Crippen LogP contribution in [0.15, 0.2) is 145 Å². The number of ether oxygens (including phenoxy) is 6. The lowest BCUT2D eigenvalue weighted by Crippen LogP contribution is -2.68. The van der Waals surface area contributed by atoms with Gasteiger partial charge < -0.3 is 28.4 Å². The zero-order chi connectivity index (χ0) is 32.3. The Labute approximate surface area is 278 Å². The van der Waals surface area contributed by atoms with Crippen molar-refractivity contribution in [1.29, 1.82) is 0 Å². The fraction of sp³-hybridized carbons (Fsp3) is 0.317. The van der Waals surface area contributed by atoms with Crippen molar-refractivity contribution in [2.75, 3.05) is 13.2 Å². The van der Waals surface area contributed by atoms with Gasteiger partial charge in [0.15, 0.2) is 0 Å².